The first-order chi connectivity index (χ1) is 18.5. The van der Waals surface area contributed by atoms with Crippen LogP contribution in [0.4, 0.5) is 0 Å². The van der Waals surface area contributed by atoms with Gasteiger partial charge in [-0.2, -0.15) is 0 Å². The van der Waals surface area contributed by atoms with Crippen molar-refractivity contribution < 1.29 is 28.9 Å². The molecule has 0 spiro atoms. The second-order valence-corrected chi connectivity index (χ2v) is 8.45. The molecule has 3 aromatic carbocycles. The number of hydrogen-bond donors (Lipinski definition) is 2. The quantitative estimate of drug-likeness (QED) is 0.286. The first-order valence-electron chi connectivity index (χ1n) is 12.0. The number of carbonyl (C=O) groups is 2. The molecule has 4 rings (SSSR count). The van der Waals surface area contributed by atoms with E-state index in [-0.39, 0.29) is 24.5 Å². The Morgan fingerprint density at radius 1 is 0.842 bits per heavy atom. The van der Waals surface area contributed by atoms with Gasteiger partial charge < -0.3 is 24.6 Å². The van der Waals surface area contributed by atoms with Crippen molar-refractivity contribution in [1.29, 1.82) is 0 Å². The van der Waals surface area contributed by atoms with Gasteiger partial charge in [-0.15, -0.1) is 0 Å². The van der Waals surface area contributed by atoms with Crippen molar-refractivity contribution in [3.8, 4) is 17.2 Å². The van der Waals surface area contributed by atoms with Gasteiger partial charge in [-0.1, -0.05) is 72.8 Å². The van der Waals surface area contributed by atoms with Gasteiger partial charge in [0.2, 0.25) is 0 Å². The number of nitrogens with zero attached hydrogens (tertiary/aromatic N) is 1. The van der Waals surface area contributed by atoms with Crippen molar-refractivity contribution >= 4 is 11.9 Å². The lowest BCUT2D eigenvalue weighted by Gasteiger charge is -2.18. The SMILES string of the molecule is COc1ccnc(C(=O)N[C@@H](Cc2ccc(OCc3ccccc3)cc2)C(=O)OCc2ccccc2)c1O. The van der Waals surface area contributed by atoms with Gasteiger partial charge in [0.1, 0.15) is 25.0 Å². The molecule has 1 amide bonds. The van der Waals surface area contributed by atoms with E-state index in [0.717, 1.165) is 16.7 Å². The van der Waals surface area contributed by atoms with Crippen molar-refractivity contribution in [1.82, 2.24) is 10.3 Å². The van der Waals surface area contributed by atoms with Crippen molar-refractivity contribution in [3.05, 3.63) is 120 Å². The lowest BCUT2D eigenvalue weighted by Crippen LogP contribution is -2.43. The molecule has 0 fully saturated rings. The summed E-state index contributed by atoms with van der Waals surface area (Å²) in [7, 11) is 1.37. The fourth-order valence-electron chi connectivity index (χ4n) is 3.71. The zero-order chi connectivity index (χ0) is 26.7. The van der Waals surface area contributed by atoms with Crippen LogP contribution < -0.4 is 14.8 Å². The van der Waals surface area contributed by atoms with Gasteiger partial charge in [-0.25, -0.2) is 9.78 Å². The second-order valence-electron chi connectivity index (χ2n) is 8.45. The van der Waals surface area contributed by atoms with E-state index in [2.05, 4.69) is 10.3 Å². The van der Waals surface area contributed by atoms with E-state index in [4.69, 9.17) is 14.2 Å². The predicted octanol–water partition coefficient (Wildman–Crippen LogP) is 4.46. The molecule has 1 aromatic heterocycles. The Morgan fingerprint density at radius 2 is 1.47 bits per heavy atom. The molecule has 38 heavy (non-hydrogen) atoms. The maximum atomic E-state index is 13.1. The number of hydrogen-bond acceptors (Lipinski definition) is 7. The standard InChI is InChI=1S/C30H28N2O6/c1-36-26-16-17-31-27(28(26)33)29(34)32-25(30(35)38-20-23-10-6-3-7-11-23)18-21-12-14-24(15-13-21)37-19-22-8-4-2-5-9-22/h2-17,25,33H,18-20H2,1H3,(H,32,34)/t25-/m0/s1. The van der Waals surface area contributed by atoms with E-state index in [1.807, 2.05) is 84.9 Å². The molecule has 0 aliphatic rings. The van der Waals surface area contributed by atoms with Gasteiger partial charge >= 0.3 is 5.97 Å². The summed E-state index contributed by atoms with van der Waals surface area (Å²) in [6, 6.07) is 26.7. The Balaban J connectivity index is 1.46. The smallest absolute Gasteiger partial charge is 0.329 e. The molecule has 194 valence electrons. The molecule has 0 saturated heterocycles. The maximum absolute atomic E-state index is 13.1. The van der Waals surface area contributed by atoms with Gasteiger partial charge in [-0.05, 0) is 28.8 Å². The minimum Gasteiger partial charge on any atom is -0.503 e. The molecule has 8 nitrogen and oxygen atoms in total. The highest BCUT2D eigenvalue weighted by molar-refractivity contribution is 5.98. The molecule has 0 bridgehead atoms. The molecule has 1 heterocycles. The van der Waals surface area contributed by atoms with Crippen LogP contribution in [0.15, 0.2) is 97.2 Å². The summed E-state index contributed by atoms with van der Waals surface area (Å²) in [6.45, 7) is 0.489. The number of amides is 1. The second kappa shape index (κ2) is 12.9. The van der Waals surface area contributed by atoms with Gasteiger partial charge in [0, 0.05) is 18.7 Å². The zero-order valence-corrected chi connectivity index (χ0v) is 20.9. The number of carbonyl (C=O) groups excluding carboxylic acids is 2. The molecule has 0 unspecified atom stereocenters. The number of esters is 1. The third kappa shape index (κ3) is 7.10. The molecule has 4 aromatic rings. The molecule has 0 aliphatic carbocycles. The molecule has 2 N–H and O–H groups in total. The van der Waals surface area contributed by atoms with E-state index in [1.165, 1.54) is 19.4 Å². The van der Waals surface area contributed by atoms with Crippen LogP contribution in [-0.2, 0) is 29.2 Å². The summed E-state index contributed by atoms with van der Waals surface area (Å²) in [5.41, 5.74) is 2.39. The van der Waals surface area contributed by atoms with Crippen LogP contribution in [0.3, 0.4) is 0 Å². The molecule has 8 heteroatoms. The number of aromatic nitrogens is 1. The summed E-state index contributed by atoms with van der Waals surface area (Å²) < 4.78 is 16.4. The highest BCUT2D eigenvalue weighted by Crippen LogP contribution is 2.27. The molecule has 0 radical (unpaired) electrons. The first kappa shape index (κ1) is 26.2. The number of pyridine rings is 1. The molecular formula is C30H28N2O6. The van der Waals surface area contributed by atoms with Crippen LogP contribution in [0.2, 0.25) is 0 Å². The third-order valence-electron chi connectivity index (χ3n) is 5.75. The van der Waals surface area contributed by atoms with Crippen LogP contribution in [0, 0.1) is 0 Å². The summed E-state index contributed by atoms with van der Waals surface area (Å²) in [5.74, 6) is -0.988. The molecule has 0 aliphatic heterocycles. The highest BCUT2D eigenvalue weighted by atomic mass is 16.5. The fourth-order valence-corrected chi connectivity index (χ4v) is 3.71. The lowest BCUT2D eigenvalue weighted by atomic mass is 10.1. The maximum Gasteiger partial charge on any atom is 0.329 e. The van der Waals surface area contributed by atoms with Crippen LogP contribution >= 0.6 is 0 Å². The number of ether oxygens (including phenoxy) is 3. The largest absolute Gasteiger partial charge is 0.503 e. The lowest BCUT2D eigenvalue weighted by molar-refractivity contribution is -0.147. The van der Waals surface area contributed by atoms with Gasteiger partial charge in [-0.3, -0.25) is 4.79 Å². The van der Waals surface area contributed by atoms with E-state index in [9.17, 15) is 14.7 Å². The summed E-state index contributed by atoms with van der Waals surface area (Å²) >= 11 is 0. The topological polar surface area (TPSA) is 107 Å². The van der Waals surface area contributed by atoms with Gasteiger partial charge in [0.05, 0.1) is 7.11 Å². The van der Waals surface area contributed by atoms with Crippen molar-refractivity contribution in [2.75, 3.05) is 7.11 Å². The van der Waals surface area contributed by atoms with E-state index < -0.39 is 23.7 Å². The monoisotopic (exact) mass is 512 g/mol. The third-order valence-corrected chi connectivity index (χ3v) is 5.75. The Labute approximate surface area is 220 Å². The Bertz CT molecular complexity index is 1340. The average Bonchev–Trinajstić information content (AvgIpc) is 2.96. The zero-order valence-electron chi connectivity index (χ0n) is 20.9. The Kier molecular flexibility index (Phi) is 8.91. The van der Waals surface area contributed by atoms with Crippen LogP contribution in [0.1, 0.15) is 27.2 Å². The Morgan fingerprint density at radius 3 is 2.11 bits per heavy atom. The number of nitrogens with one attached hydrogen (secondary N) is 1. The number of methoxy groups -OCH3 is 1. The summed E-state index contributed by atoms with van der Waals surface area (Å²) in [5, 5.41) is 13.0. The van der Waals surface area contributed by atoms with Gasteiger partial charge in [0.25, 0.3) is 5.91 Å². The van der Waals surface area contributed by atoms with Crippen LogP contribution in [0.25, 0.3) is 0 Å². The summed E-state index contributed by atoms with van der Waals surface area (Å²) in [4.78, 5) is 30.0. The van der Waals surface area contributed by atoms with E-state index in [0.29, 0.717) is 12.4 Å². The van der Waals surface area contributed by atoms with Crippen molar-refractivity contribution in [2.45, 2.75) is 25.7 Å². The first-order valence-corrected chi connectivity index (χ1v) is 12.0. The average molecular weight is 513 g/mol. The normalized spacial score (nSPS) is 11.3. The number of benzene rings is 3. The van der Waals surface area contributed by atoms with Crippen molar-refractivity contribution in [3.63, 3.8) is 0 Å². The van der Waals surface area contributed by atoms with Crippen LogP contribution in [0.5, 0.6) is 17.2 Å². The number of rotatable bonds is 11. The number of aromatic hydroxyl groups is 1. The minimum atomic E-state index is -1.03. The highest BCUT2D eigenvalue weighted by Gasteiger charge is 2.26. The van der Waals surface area contributed by atoms with Crippen LogP contribution in [-0.4, -0.2) is 35.1 Å². The van der Waals surface area contributed by atoms with E-state index >= 15 is 0 Å². The molecule has 1 atom stereocenters. The summed E-state index contributed by atoms with van der Waals surface area (Å²) in [6.07, 6.45) is 1.49. The fraction of sp³-hybridized carbons (Fsp3) is 0.167. The van der Waals surface area contributed by atoms with Crippen molar-refractivity contribution in [2.24, 2.45) is 0 Å². The molecular weight excluding hydrogens is 484 g/mol. The predicted molar refractivity (Wildman–Crippen MR) is 141 cm³/mol. The van der Waals surface area contributed by atoms with Gasteiger partial charge in [0.15, 0.2) is 17.2 Å². The molecule has 0 saturated carbocycles. The van der Waals surface area contributed by atoms with E-state index in [1.54, 1.807) is 0 Å². The minimum absolute atomic E-state index is 0.0565. The Hall–Kier alpha value is -4.85.